The minimum Gasteiger partial charge on any atom is -0.399 e. The van der Waals surface area contributed by atoms with Crippen molar-refractivity contribution in [2.45, 2.75) is 0 Å². The van der Waals surface area contributed by atoms with Crippen LogP contribution < -0.4 is 11.5 Å². The van der Waals surface area contributed by atoms with Gasteiger partial charge in [0.05, 0.1) is 0 Å². The minimum atomic E-state index is 0.657. The van der Waals surface area contributed by atoms with Crippen LogP contribution in [-0.2, 0) is 4.79 Å². The van der Waals surface area contributed by atoms with E-state index in [2.05, 4.69) is 6.58 Å². The zero-order valence-corrected chi connectivity index (χ0v) is 12.0. The molecule has 0 amide bonds. The van der Waals surface area contributed by atoms with E-state index in [1.54, 1.807) is 30.3 Å². The van der Waals surface area contributed by atoms with Crippen molar-refractivity contribution < 1.29 is 9.59 Å². The van der Waals surface area contributed by atoms with E-state index in [1.165, 1.54) is 0 Å². The second-order valence-corrected chi connectivity index (χ2v) is 3.66. The molecule has 22 heavy (non-hydrogen) atoms. The van der Waals surface area contributed by atoms with Crippen molar-refractivity contribution in [2.75, 3.05) is 11.5 Å². The van der Waals surface area contributed by atoms with E-state index < -0.39 is 0 Å². The average molecular weight is 302 g/mol. The molecule has 6 nitrogen and oxygen atoms in total. The van der Waals surface area contributed by atoms with E-state index in [-0.39, 0.29) is 0 Å². The van der Waals surface area contributed by atoms with Gasteiger partial charge in [-0.2, -0.15) is 0 Å². The van der Waals surface area contributed by atoms with Crippen molar-refractivity contribution in [3.8, 4) is 0 Å². The van der Waals surface area contributed by atoms with Crippen LogP contribution in [0.2, 0.25) is 0 Å². The third-order valence-corrected chi connectivity index (χ3v) is 2.24. The van der Waals surface area contributed by atoms with Gasteiger partial charge in [0.2, 0.25) is 0 Å². The Balaban J connectivity index is 0. The summed E-state index contributed by atoms with van der Waals surface area (Å²) in [5.41, 5.74) is 14.0. The second-order valence-electron chi connectivity index (χ2n) is 3.66. The van der Waals surface area contributed by atoms with Crippen LogP contribution in [0, 0.1) is 9.93 Å². The highest BCUT2D eigenvalue weighted by Crippen LogP contribution is 2.05. The average Bonchev–Trinajstić information content (AvgIpc) is 2.60. The summed E-state index contributed by atoms with van der Waals surface area (Å²) in [5, 5.41) is 0. The largest absolute Gasteiger partial charge is 0.399 e. The molecule has 2 aromatic rings. The summed E-state index contributed by atoms with van der Waals surface area (Å²) in [6.45, 7) is 5.62. The van der Waals surface area contributed by atoms with Gasteiger partial charge in [0, 0.05) is 26.9 Å². The predicted octanol–water partition coefficient (Wildman–Crippen LogP) is 2.88. The molecule has 116 valence electrons. The van der Waals surface area contributed by atoms with E-state index in [0.29, 0.717) is 11.3 Å². The van der Waals surface area contributed by atoms with E-state index in [9.17, 15) is 4.79 Å². The summed E-state index contributed by atoms with van der Waals surface area (Å²) >= 11 is 0. The van der Waals surface area contributed by atoms with Gasteiger partial charge in [-0.05, 0) is 42.0 Å². The van der Waals surface area contributed by atoms with Crippen LogP contribution in [0.3, 0.4) is 0 Å². The minimum absolute atomic E-state index is 0.657. The molecule has 0 aliphatic heterocycles. The highest BCUT2D eigenvalue weighted by atomic mass is 16.7. The number of benzene rings is 2. The number of rotatable bonds is 2. The van der Waals surface area contributed by atoms with Gasteiger partial charge in [0.25, 0.3) is 0 Å². The Hall–Kier alpha value is -3.28. The molecule has 2 aromatic carbocycles. The van der Waals surface area contributed by atoms with Crippen molar-refractivity contribution in [1.29, 1.82) is 0 Å². The summed E-state index contributed by atoms with van der Waals surface area (Å²) in [6, 6.07) is 14.3. The van der Waals surface area contributed by atoms with Gasteiger partial charge >= 0.3 is 0 Å². The van der Waals surface area contributed by atoms with Gasteiger partial charge in [-0.15, -0.1) is 0 Å². The molecule has 2 rings (SSSR count). The molecule has 0 heterocycles. The first-order chi connectivity index (χ1) is 10.7. The molecule has 0 fully saturated rings. The third-order valence-electron chi connectivity index (χ3n) is 2.24. The summed E-state index contributed by atoms with van der Waals surface area (Å²) < 4.78 is 0. The smallest absolute Gasteiger partial charge is 0.150 e. The van der Waals surface area contributed by atoms with Crippen molar-refractivity contribution >= 4 is 30.5 Å². The molecule has 0 aliphatic rings. The first kappa shape index (κ1) is 21.0. The number of aldehydes is 1. The Morgan fingerprint density at radius 3 is 1.32 bits per heavy atom. The third kappa shape index (κ3) is 9.62. The first-order valence-electron chi connectivity index (χ1n) is 5.90. The van der Waals surface area contributed by atoms with Gasteiger partial charge in [-0.25, -0.2) is 0 Å². The Kier molecular flexibility index (Phi) is 13.5. The van der Waals surface area contributed by atoms with Gasteiger partial charge < -0.3 is 16.3 Å². The number of nitrogen functional groups attached to an aromatic ring is 2. The van der Waals surface area contributed by atoms with Crippen molar-refractivity contribution in [3.05, 3.63) is 76.2 Å². The maximum absolute atomic E-state index is 10.1. The lowest BCUT2D eigenvalue weighted by molar-refractivity contribution is -0.0979. The Bertz CT molecular complexity index is 488. The fraction of sp³-hybridized carbons (Fsp3) is 0. The normalized spacial score (nSPS) is 7.64. The van der Waals surface area contributed by atoms with Gasteiger partial charge in [0.1, 0.15) is 13.1 Å². The van der Waals surface area contributed by atoms with Gasteiger partial charge in [-0.3, -0.25) is 4.79 Å². The number of nitrogens with two attached hydrogens (primary N) is 2. The zero-order chi connectivity index (χ0) is 17.4. The Morgan fingerprint density at radius 2 is 1.05 bits per heavy atom. The molecule has 6 heteroatoms. The fourth-order valence-corrected chi connectivity index (χ4v) is 1.21. The molecule has 4 N–H and O–H groups in total. The van der Waals surface area contributed by atoms with E-state index in [1.807, 2.05) is 31.1 Å². The molecule has 0 unspecified atom stereocenters. The number of hydrogen-bond acceptors (Lipinski definition) is 6. The maximum atomic E-state index is 10.1. The SMILES string of the molecule is C=Cc1ccc(N)cc1.C=O.Nc1ccc(C=O)cc1.O=O. The van der Waals surface area contributed by atoms with E-state index >= 15 is 0 Å². The lowest BCUT2D eigenvalue weighted by Gasteiger charge is -1.91. The molecule has 0 spiro atoms. The summed E-state index contributed by atoms with van der Waals surface area (Å²) in [7, 11) is 0. The van der Waals surface area contributed by atoms with Crippen LogP contribution in [0.15, 0.2) is 55.1 Å². The van der Waals surface area contributed by atoms with Crippen LogP contribution >= 0.6 is 0 Å². The number of hydrogen-bond donors (Lipinski definition) is 2. The van der Waals surface area contributed by atoms with Crippen LogP contribution in [0.4, 0.5) is 11.4 Å². The standard InChI is InChI=1S/C8H9N.C7H7NO.CH2O.O2/c1-2-7-3-5-8(9)6-4-7;8-7-3-1-6(5-9)2-4-7;2*1-2/h2-6H,1,9H2;1-5H,8H2;1H2;. The quantitative estimate of drug-likeness (QED) is 0.650. The monoisotopic (exact) mass is 302 g/mol. The topological polar surface area (TPSA) is 120 Å². The van der Waals surface area contributed by atoms with Gasteiger partial charge in [0.15, 0.2) is 0 Å². The van der Waals surface area contributed by atoms with Crippen LogP contribution in [0.1, 0.15) is 15.9 Å². The van der Waals surface area contributed by atoms with Crippen molar-refractivity contribution in [3.63, 3.8) is 0 Å². The van der Waals surface area contributed by atoms with E-state index in [0.717, 1.165) is 17.5 Å². The highest BCUT2D eigenvalue weighted by molar-refractivity contribution is 5.75. The molecule has 0 aromatic heterocycles. The number of anilines is 2. The summed E-state index contributed by atoms with van der Waals surface area (Å²) in [5.74, 6) is 0. The Labute approximate surface area is 128 Å². The Morgan fingerprint density at radius 1 is 0.727 bits per heavy atom. The fourth-order valence-electron chi connectivity index (χ4n) is 1.21. The second kappa shape index (κ2) is 14.1. The molecule has 0 saturated carbocycles. The molecule has 0 radical (unpaired) electrons. The van der Waals surface area contributed by atoms with E-state index in [4.69, 9.17) is 26.2 Å². The molecular weight excluding hydrogens is 284 g/mol. The summed E-state index contributed by atoms with van der Waals surface area (Å²) in [6.07, 6.45) is 2.58. The van der Waals surface area contributed by atoms with Gasteiger partial charge in [-0.1, -0.05) is 24.8 Å². The van der Waals surface area contributed by atoms with Crippen molar-refractivity contribution in [2.24, 2.45) is 0 Å². The van der Waals surface area contributed by atoms with Crippen molar-refractivity contribution in [1.82, 2.24) is 0 Å². The zero-order valence-electron chi connectivity index (χ0n) is 12.0. The van der Waals surface area contributed by atoms with Crippen LogP contribution in [0.25, 0.3) is 6.08 Å². The molecule has 0 aliphatic carbocycles. The number of carbonyl (C=O) groups is 2. The maximum Gasteiger partial charge on any atom is 0.150 e. The lowest BCUT2D eigenvalue weighted by atomic mass is 10.2. The molecule has 0 bridgehead atoms. The summed E-state index contributed by atoms with van der Waals surface area (Å²) in [4.78, 5) is 32.1. The predicted molar refractivity (Wildman–Crippen MR) is 91.0 cm³/mol. The van der Waals surface area contributed by atoms with Crippen LogP contribution in [-0.4, -0.2) is 13.1 Å². The first-order valence-corrected chi connectivity index (χ1v) is 5.90. The van der Waals surface area contributed by atoms with Crippen LogP contribution in [0.5, 0.6) is 0 Å². The lowest BCUT2D eigenvalue weighted by Crippen LogP contribution is -1.84. The molecule has 0 atom stereocenters. The number of carbonyl (C=O) groups excluding carboxylic acids is 2. The highest BCUT2D eigenvalue weighted by Gasteiger charge is 1.85. The molecule has 0 saturated heterocycles. The molecular formula is C16H18N2O4.